The number of hydrogen-bond donors (Lipinski definition) is 0. The van der Waals surface area contributed by atoms with Crippen molar-refractivity contribution in [2.75, 3.05) is 0 Å². The average Bonchev–Trinajstić information content (AvgIpc) is 2.71. The van der Waals surface area contributed by atoms with Gasteiger partial charge in [-0.05, 0) is 42.3 Å². The van der Waals surface area contributed by atoms with E-state index < -0.39 is 11.8 Å². The molecule has 96 valence electrons. The number of hydrogen-bond acceptors (Lipinski definition) is 2. The monoisotopic (exact) mass is 265 g/mol. The van der Waals surface area contributed by atoms with E-state index in [0.29, 0.717) is 16.7 Å². The van der Waals surface area contributed by atoms with Gasteiger partial charge in [0.1, 0.15) is 5.82 Å². The van der Waals surface area contributed by atoms with Crippen molar-refractivity contribution in [3.8, 4) is 12.0 Å². The molecule has 0 radical (unpaired) electrons. The Balaban J connectivity index is 1.93. The topological polar surface area (TPSA) is 37.4 Å². The van der Waals surface area contributed by atoms with Gasteiger partial charge in [0.2, 0.25) is 0 Å². The number of halogens is 1. The summed E-state index contributed by atoms with van der Waals surface area (Å²) in [5, 5.41) is 0. The van der Waals surface area contributed by atoms with Crippen LogP contribution in [-0.4, -0.2) is 16.7 Å². The molecule has 0 atom stereocenters. The van der Waals surface area contributed by atoms with E-state index in [4.69, 9.17) is 0 Å². The molecule has 1 aliphatic heterocycles. The minimum absolute atomic E-state index is 0.353. The zero-order chi connectivity index (χ0) is 14.1. The van der Waals surface area contributed by atoms with Crippen molar-refractivity contribution in [1.82, 2.24) is 4.90 Å². The van der Waals surface area contributed by atoms with E-state index >= 15 is 0 Å². The number of carbonyl (C=O) groups excluding carboxylic acids is 2. The predicted octanol–water partition coefficient (Wildman–Crippen LogP) is 2.43. The van der Waals surface area contributed by atoms with Gasteiger partial charge < -0.3 is 0 Å². The Morgan fingerprint density at radius 3 is 1.95 bits per heavy atom. The van der Waals surface area contributed by atoms with Crippen molar-refractivity contribution in [2.24, 2.45) is 0 Å². The number of benzene rings is 2. The summed E-state index contributed by atoms with van der Waals surface area (Å²) >= 11 is 0. The first-order chi connectivity index (χ1) is 9.66. The van der Waals surface area contributed by atoms with Gasteiger partial charge in [0, 0.05) is 11.6 Å². The van der Waals surface area contributed by atoms with Crippen molar-refractivity contribution in [3.05, 3.63) is 71.0 Å². The molecule has 3 nitrogen and oxygen atoms in total. The molecule has 0 saturated heterocycles. The molecule has 0 saturated carbocycles. The minimum Gasteiger partial charge on any atom is -0.267 e. The van der Waals surface area contributed by atoms with E-state index in [1.807, 2.05) is 0 Å². The molecule has 0 bridgehead atoms. The van der Waals surface area contributed by atoms with E-state index in [9.17, 15) is 14.0 Å². The molecule has 4 heteroatoms. The summed E-state index contributed by atoms with van der Waals surface area (Å²) in [5.41, 5.74) is 1.24. The summed E-state index contributed by atoms with van der Waals surface area (Å²) in [6.07, 6.45) is 0. The summed E-state index contributed by atoms with van der Waals surface area (Å²) in [6.45, 7) is 0. The molecule has 20 heavy (non-hydrogen) atoms. The number of imide groups is 1. The van der Waals surface area contributed by atoms with Gasteiger partial charge >= 0.3 is 0 Å². The van der Waals surface area contributed by atoms with Crippen LogP contribution < -0.4 is 0 Å². The van der Waals surface area contributed by atoms with E-state index in [-0.39, 0.29) is 5.82 Å². The van der Waals surface area contributed by atoms with Crippen LogP contribution in [0.2, 0.25) is 0 Å². The number of fused-ring (bicyclic) bond motifs is 1. The normalized spacial score (nSPS) is 12.9. The highest BCUT2D eigenvalue weighted by atomic mass is 19.1. The molecular weight excluding hydrogens is 257 g/mol. The third-order valence-corrected chi connectivity index (χ3v) is 2.95. The lowest BCUT2D eigenvalue weighted by Crippen LogP contribution is -2.24. The standard InChI is InChI=1S/C16H8FNO2/c17-12-7-5-11(6-8-12)9-10-18-15(19)13-3-1-2-4-14(13)16(18)20/h1-8H. The molecule has 3 rings (SSSR count). The molecular formula is C16H8FNO2. The smallest absolute Gasteiger partial charge is 0.267 e. The average molecular weight is 265 g/mol. The van der Waals surface area contributed by atoms with E-state index in [1.54, 1.807) is 24.3 Å². The second-order valence-corrected chi connectivity index (χ2v) is 4.23. The van der Waals surface area contributed by atoms with Crippen LogP contribution in [0.15, 0.2) is 48.5 Å². The zero-order valence-electron chi connectivity index (χ0n) is 10.3. The minimum atomic E-state index is -0.430. The molecule has 0 fully saturated rings. The van der Waals surface area contributed by atoms with Gasteiger partial charge in [0.25, 0.3) is 11.8 Å². The lowest BCUT2D eigenvalue weighted by molar-refractivity contribution is 0.0735. The third-order valence-electron chi connectivity index (χ3n) is 2.95. The first-order valence-corrected chi connectivity index (χ1v) is 5.92. The van der Waals surface area contributed by atoms with E-state index in [2.05, 4.69) is 12.0 Å². The van der Waals surface area contributed by atoms with Gasteiger partial charge in [-0.1, -0.05) is 12.1 Å². The van der Waals surface area contributed by atoms with Gasteiger partial charge in [0.15, 0.2) is 0 Å². The van der Waals surface area contributed by atoms with Crippen LogP contribution in [-0.2, 0) is 0 Å². The summed E-state index contributed by atoms with van der Waals surface area (Å²) in [5.74, 6) is 1.45. The first kappa shape index (κ1) is 12.1. The Labute approximate surface area is 114 Å². The maximum atomic E-state index is 12.8. The van der Waals surface area contributed by atoms with Crippen molar-refractivity contribution in [3.63, 3.8) is 0 Å². The summed E-state index contributed by atoms with van der Waals surface area (Å²) in [7, 11) is 0. The molecule has 2 aromatic rings. The lowest BCUT2D eigenvalue weighted by Gasteiger charge is -2.02. The van der Waals surface area contributed by atoms with Gasteiger partial charge in [-0.25, -0.2) is 4.39 Å². The van der Waals surface area contributed by atoms with Crippen LogP contribution >= 0.6 is 0 Å². The van der Waals surface area contributed by atoms with Crippen LogP contribution in [0.1, 0.15) is 26.3 Å². The molecule has 0 spiro atoms. The highest BCUT2D eigenvalue weighted by Crippen LogP contribution is 2.21. The summed E-state index contributed by atoms with van der Waals surface area (Å²) in [6, 6.07) is 14.6. The largest absolute Gasteiger partial charge is 0.273 e. The molecule has 1 heterocycles. The number of carbonyl (C=O) groups is 2. The predicted molar refractivity (Wildman–Crippen MR) is 70.2 cm³/mol. The molecule has 0 N–H and O–H groups in total. The fourth-order valence-corrected chi connectivity index (χ4v) is 1.94. The molecule has 0 unspecified atom stereocenters. The molecule has 2 aromatic carbocycles. The maximum absolute atomic E-state index is 12.8. The SMILES string of the molecule is O=C1c2ccccc2C(=O)N1C#Cc1ccc(F)cc1. The Kier molecular flexibility index (Phi) is 2.81. The summed E-state index contributed by atoms with van der Waals surface area (Å²) < 4.78 is 12.8. The molecule has 0 aliphatic carbocycles. The molecule has 2 amide bonds. The van der Waals surface area contributed by atoms with E-state index in [0.717, 1.165) is 4.90 Å². The second-order valence-electron chi connectivity index (χ2n) is 4.23. The van der Waals surface area contributed by atoms with Crippen molar-refractivity contribution >= 4 is 11.8 Å². The third kappa shape index (κ3) is 1.95. The zero-order valence-corrected chi connectivity index (χ0v) is 10.3. The Morgan fingerprint density at radius 1 is 0.850 bits per heavy atom. The van der Waals surface area contributed by atoms with Crippen molar-refractivity contribution < 1.29 is 14.0 Å². The number of amides is 2. The summed E-state index contributed by atoms with van der Waals surface area (Å²) in [4.78, 5) is 24.9. The highest BCUT2D eigenvalue weighted by molar-refractivity contribution is 6.22. The van der Waals surface area contributed by atoms with Gasteiger partial charge in [-0.15, -0.1) is 0 Å². The lowest BCUT2D eigenvalue weighted by atomic mass is 10.1. The Bertz CT molecular complexity index is 734. The fraction of sp³-hybridized carbons (Fsp3) is 0. The van der Waals surface area contributed by atoms with Gasteiger partial charge in [-0.2, -0.15) is 4.90 Å². The van der Waals surface area contributed by atoms with Crippen LogP contribution in [0.25, 0.3) is 0 Å². The number of nitrogens with zero attached hydrogens (tertiary/aromatic N) is 1. The Hall–Kier alpha value is -2.93. The van der Waals surface area contributed by atoms with E-state index in [1.165, 1.54) is 24.3 Å². The van der Waals surface area contributed by atoms with Crippen LogP contribution in [0, 0.1) is 17.8 Å². The van der Waals surface area contributed by atoms with Crippen molar-refractivity contribution in [1.29, 1.82) is 0 Å². The van der Waals surface area contributed by atoms with Crippen molar-refractivity contribution in [2.45, 2.75) is 0 Å². The van der Waals surface area contributed by atoms with Gasteiger partial charge in [0.05, 0.1) is 11.1 Å². The van der Waals surface area contributed by atoms with Crippen LogP contribution in [0.3, 0.4) is 0 Å². The van der Waals surface area contributed by atoms with Crippen LogP contribution in [0.4, 0.5) is 4.39 Å². The van der Waals surface area contributed by atoms with Gasteiger partial charge in [-0.3, -0.25) is 9.59 Å². The van der Waals surface area contributed by atoms with Crippen LogP contribution in [0.5, 0.6) is 0 Å². The molecule has 1 aliphatic rings. The Morgan fingerprint density at radius 2 is 1.40 bits per heavy atom. The second kappa shape index (κ2) is 4.63. The number of rotatable bonds is 0. The quantitative estimate of drug-likeness (QED) is 0.542. The molecule has 0 aromatic heterocycles. The highest BCUT2D eigenvalue weighted by Gasteiger charge is 2.34. The maximum Gasteiger partial charge on any atom is 0.273 e. The first-order valence-electron chi connectivity index (χ1n) is 5.92. The fourth-order valence-electron chi connectivity index (χ4n) is 1.94.